The van der Waals surface area contributed by atoms with Gasteiger partial charge in [0, 0.05) is 0 Å². The zero-order chi connectivity index (χ0) is 7.28. The maximum Gasteiger partial charge on any atom is 0.102 e. The second-order valence-electron chi connectivity index (χ2n) is 1.67. The lowest BCUT2D eigenvalue weighted by molar-refractivity contribution is 0.467. The van der Waals surface area contributed by atoms with Crippen LogP contribution in [-0.4, -0.2) is 5.11 Å². The normalized spacial score (nSPS) is 13.4. The topological polar surface area (TPSA) is 46.2 Å². The summed E-state index contributed by atoms with van der Waals surface area (Å²) in [5.41, 5.74) is 6.48. The van der Waals surface area contributed by atoms with Gasteiger partial charge in [-0.05, 0) is 12.5 Å². The Labute approximate surface area is 55.0 Å². The van der Waals surface area contributed by atoms with Gasteiger partial charge in [0.1, 0.15) is 6.26 Å². The maximum absolute atomic E-state index is 8.37. The second kappa shape index (κ2) is 3.78. The molecule has 0 atom stereocenters. The van der Waals surface area contributed by atoms with Crippen molar-refractivity contribution in [2.75, 3.05) is 0 Å². The van der Waals surface area contributed by atoms with Crippen LogP contribution in [0.4, 0.5) is 0 Å². The van der Waals surface area contributed by atoms with Gasteiger partial charge in [0.15, 0.2) is 0 Å². The molecule has 0 amide bonds. The number of aliphatic hydroxyl groups is 1. The first kappa shape index (κ1) is 7.82. The van der Waals surface area contributed by atoms with Gasteiger partial charge in [0.2, 0.25) is 0 Å². The van der Waals surface area contributed by atoms with Crippen molar-refractivity contribution in [1.29, 1.82) is 0 Å². The van der Waals surface area contributed by atoms with Crippen molar-refractivity contribution < 1.29 is 5.11 Å². The van der Waals surface area contributed by atoms with Gasteiger partial charge in [0.25, 0.3) is 0 Å². The highest BCUT2D eigenvalue weighted by molar-refractivity contribution is 5.27. The molecule has 0 aliphatic carbocycles. The van der Waals surface area contributed by atoms with Gasteiger partial charge >= 0.3 is 0 Å². The average Bonchev–Trinajstić information content (AvgIpc) is 1.87. The molecule has 0 aromatic carbocycles. The lowest BCUT2D eigenvalue weighted by Gasteiger charge is -1.94. The molecule has 0 aliphatic heterocycles. The van der Waals surface area contributed by atoms with Crippen LogP contribution in [0.1, 0.15) is 6.92 Å². The highest BCUT2D eigenvalue weighted by atomic mass is 16.2. The predicted octanol–water partition coefficient (Wildman–Crippen LogP) is 1.48. The number of hydrogen-bond acceptors (Lipinski definition) is 2. The summed E-state index contributed by atoms with van der Waals surface area (Å²) in [6.45, 7) is 5.27. The zero-order valence-electron chi connectivity index (χ0n) is 5.46. The van der Waals surface area contributed by atoms with Gasteiger partial charge in [-0.3, -0.25) is 0 Å². The quantitative estimate of drug-likeness (QED) is 0.433. The molecule has 0 unspecified atom stereocenters. The van der Waals surface area contributed by atoms with Crippen LogP contribution >= 0.6 is 0 Å². The van der Waals surface area contributed by atoms with Crippen molar-refractivity contribution in [3.63, 3.8) is 0 Å². The Hall–Kier alpha value is -1.18. The van der Waals surface area contributed by atoms with Crippen LogP contribution in [0.3, 0.4) is 0 Å². The van der Waals surface area contributed by atoms with Crippen LogP contribution in [0, 0.1) is 0 Å². The number of nitrogens with two attached hydrogens (primary N) is 1. The smallest absolute Gasteiger partial charge is 0.102 e. The van der Waals surface area contributed by atoms with Crippen molar-refractivity contribution >= 4 is 0 Å². The van der Waals surface area contributed by atoms with Crippen LogP contribution in [0.5, 0.6) is 0 Å². The molecular weight excluding hydrogens is 114 g/mol. The molecule has 2 nitrogen and oxygen atoms in total. The molecule has 0 saturated heterocycles. The Morgan fingerprint density at radius 2 is 2.22 bits per heavy atom. The van der Waals surface area contributed by atoms with Gasteiger partial charge in [-0.2, -0.15) is 0 Å². The first-order valence-corrected chi connectivity index (χ1v) is 2.62. The molecule has 0 fully saturated rings. The summed E-state index contributed by atoms with van der Waals surface area (Å²) in [5, 5.41) is 8.37. The molecule has 0 aromatic heterocycles. The van der Waals surface area contributed by atoms with E-state index < -0.39 is 0 Å². The summed E-state index contributed by atoms with van der Waals surface area (Å²) < 4.78 is 0. The lowest BCUT2D eigenvalue weighted by Crippen LogP contribution is -1.97. The SMILES string of the molecule is C=C/C=C(C)\C(N)=C\O. The summed E-state index contributed by atoms with van der Waals surface area (Å²) in [6.07, 6.45) is 4.21. The lowest BCUT2D eigenvalue weighted by atomic mass is 10.2. The molecule has 3 N–H and O–H groups in total. The fraction of sp³-hybridized carbons (Fsp3) is 0.143. The fourth-order valence-corrected chi connectivity index (χ4v) is 0.375. The van der Waals surface area contributed by atoms with Crippen molar-refractivity contribution in [1.82, 2.24) is 0 Å². The van der Waals surface area contributed by atoms with Crippen LogP contribution in [0.2, 0.25) is 0 Å². The Morgan fingerprint density at radius 1 is 1.67 bits per heavy atom. The third kappa shape index (κ3) is 2.59. The molecule has 0 heterocycles. The standard InChI is InChI=1S/C7H11NO/c1-3-4-6(2)7(8)5-9/h3-5,9H,1,8H2,2H3/b6-4-,7-5-. The minimum atomic E-state index is 0.370. The van der Waals surface area contributed by atoms with Crippen molar-refractivity contribution in [3.05, 3.63) is 36.3 Å². The zero-order valence-corrected chi connectivity index (χ0v) is 5.46. The van der Waals surface area contributed by atoms with Gasteiger partial charge in [-0.1, -0.05) is 18.7 Å². The summed E-state index contributed by atoms with van der Waals surface area (Å²) >= 11 is 0. The highest BCUT2D eigenvalue weighted by Crippen LogP contribution is 1.99. The molecule has 0 radical (unpaired) electrons. The van der Waals surface area contributed by atoms with Crippen LogP contribution in [-0.2, 0) is 0 Å². The summed E-state index contributed by atoms with van der Waals surface area (Å²) in [5.74, 6) is 0. The van der Waals surface area contributed by atoms with Crippen molar-refractivity contribution in [3.8, 4) is 0 Å². The maximum atomic E-state index is 8.37. The Balaban J connectivity index is 4.19. The number of aliphatic hydroxyl groups excluding tert-OH is 1. The molecule has 0 rings (SSSR count). The van der Waals surface area contributed by atoms with E-state index in [9.17, 15) is 0 Å². The van der Waals surface area contributed by atoms with E-state index >= 15 is 0 Å². The van der Waals surface area contributed by atoms with Gasteiger partial charge in [-0.25, -0.2) is 0 Å². The largest absolute Gasteiger partial charge is 0.513 e. The number of allylic oxidation sites excluding steroid dienone is 3. The van der Waals surface area contributed by atoms with Crippen LogP contribution in [0.15, 0.2) is 36.3 Å². The minimum Gasteiger partial charge on any atom is -0.513 e. The monoisotopic (exact) mass is 125 g/mol. The number of hydrogen-bond donors (Lipinski definition) is 2. The molecule has 0 aliphatic rings. The van der Waals surface area contributed by atoms with E-state index in [1.54, 1.807) is 19.1 Å². The highest BCUT2D eigenvalue weighted by Gasteiger charge is 1.88. The Morgan fingerprint density at radius 3 is 2.56 bits per heavy atom. The molecule has 50 valence electrons. The Kier molecular flexibility index (Phi) is 3.28. The third-order valence-corrected chi connectivity index (χ3v) is 0.962. The molecule has 0 bridgehead atoms. The van der Waals surface area contributed by atoms with Crippen LogP contribution in [0.25, 0.3) is 0 Å². The van der Waals surface area contributed by atoms with Gasteiger partial charge < -0.3 is 10.8 Å². The first-order chi connectivity index (χ1) is 4.22. The van der Waals surface area contributed by atoms with E-state index in [2.05, 4.69) is 6.58 Å². The molecule has 0 aromatic rings. The third-order valence-electron chi connectivity index (χ3n) is 0.962. The van der Waals surface area contributed by atoms with E-state index in [4.69, 9.17) is 10.8 Å². The van der Waals surface area contributed by atoms with Gasteiger partial charge in [0.05, 0.1) is 5.70 Å². The minimum absolute atomic E-state index is 0.370. The average molecular weight is 125 g/mol. The van der Waals surface area contributed by atoms with E-state index in [-0.39, 0.29) is 0 Å². The van der Waals surface area contributed by atoms with Crippen molar-refractivity contribution in [2.45, 2.75) is 6.92 Å². The fourth-order valence-electron chi connectivity index (χ4n) is 0.375. The van der Waals surface area contributed by atoms with E-state index in [0.29, 0.717) is 5.70 Å². The van der Waals surface area contributed by atoms with E-state index in [1.807, 2.05) is 0 Å². The van der Waals surface area contributed by atoms with E-state index in [0.717, 1.165) is 11.8 Å². The summed E-state index contributed by atoms with van der Waals surface area (Å²) in [6, 6.07) is 0. The predicted molar refractivity (Wildman–Crippen MR) is 38.9 cm³/mol. The first-order valence-electron chi connectivity index (χ1n) is 2.62. The summed E-state index contributed by atoms with van der Waals surface area (Å²) in [7, 11) is 0. The van der Waals surface area contributed by atoms with Crippen LogP contribution < -0.4 is 5.73 Å². The van der Waals surface area contributed by atoms with E-state index in [1.165, 1.54) is 0 Å². The Bertz CT molecular complexity index is 156. The number of rotatable bonds is 2. The molecular formula is C7H11NO. The van der Waals surface area contributed by atoms with Gasteiger partial charge in [-0.15, -0.1) is 0 Å². The van der Waals surface area contributed by atoms with Crippen molar-refractivity contribution in [2.24, 2.45) is 5.73 Å². The molecule has 9 heavy (non-hydrogen) atoms. The molecule has 0 spiro atoms. The molecule has 2 heteroatoms. The summed E-state index contributed by atoms with van der Waals surface area (Å²) in [4.78, 5) is 0. The molecule has 0 saturated carbocycles. The second-order valence-corrected chi connectivity index (χ2v) is 1.67.